The minimum atomic E-state index is 0.175. The summed E-state index contributed by atoms with van der Waals surface area (Å²) >= 11 is 0. The standard InChI is InChI=1S/C11H22N2O2/c1-5-13-6-10(7-13)11(14)12(4)8-15-9(2)3/h9-10H,5-8H2,1-4H3. The Hall–Kier alpha value is -0.610. The summed E-state index contributed by atoms with van der Waals surface area (Å²) in [7, 11) is 1.80. The van der Waals surface area contributed by atoms with E-state index in [2.05, 4.69) is 11.8 Å². The molecule has 88 valence electrons. The molecule has 0 N–H and O–H groups in total. The molecule has 1 heterocycles. The molecule has 0 spiro atoms. The maximum Gasteiger partial charge on any atom is 0.229 e. The Labute approximate surface area is 92.2 Å². The topological polar surface area (TPSA) is 32.8 Å². The van der Waals surface area contributed by atoms with E-state index in [4.69, 9.17) is 4.74 Å². The monoisotopic (exact) mass is 214 g/mol. The average molecular weight is 214 g/mol. The van der Waals surface area contributed by atoms with Gasteiger partial charge in [0.05, 0.1) is 12.0 Å². The van der Waals surface area contributed by atoms with E-state index >= 15 is 0 Å². The first-order chi connectivity index (χ1) is 7.04. The van der Waals surface area contributed by atoms with Crippen LogP contribution in [0.1, 0.15) is 20.8 Å². The number of nitrogens with zero attached hydrogens (tertiary/aromatic N) is 2. The Balaban J connectivity index is 2.22. The van der Waals surface area contributed by atoms with Crippen LogP contribution in [0.3, 0.4) is 0 Å². The molecule has 0 aromatic carbocycles. The maximum absolute atomic E-state index is 11.8. The van der Waals surface area contributed by atoms with Crippen LogP contribution in [-0.4, -0.2) is 55.2 Å². The summed E-state index contributed by atoms with van der Waals surface area (Å²) in [6, 6.07) is 0. The van der Waals surface area contributed by atoms with Gasteiger partial charge in [-0.25, -0.2) is 0 Å². The number of rotatable bonds is 5. The Bertz CT molecular complexity index is 213. The Kier molecular flexibility index (Phi) is 4.54. The zero-order chi connectivity index (χ0) is 11.4. The number of carbonyl (C=O) groups excluding carboxylic acids is 1. The Morgan fingerprint density at radius 1 is 1.53 bits per heavy atom. The van der Waals surface area contributed by atoms with Gasteiger partial charge in [0.2, 0.25) is 5.91 Å². The zero-order valence-corrected chi connectivity index (χ0v) is 10.2. The molecule has 0 aromatic rings. The number of carbonyl (C=O) groups is 1. The number of amides is 1. The van der Waals surface area contributed by atoms with E-state index in [1.807, 2.05) is 13.8 Å². The molecule has 0 aromatic heterocycles. The summed E-state index contributed by atoms with van der Waals surface area (Å²) in [6.45, 7) is 9.31. The van der Waals surface area contributed by atoms with Crippen LogP contribution < -0.4 is 0 Å². The first kappa shape index (κ1) is 12.5. The minimum Gasteiger partial charge on any atom is -0.358 e. The van der Waals surface area contributed by atoms with E-state index in [1.165, 1.54) is 0 Å². The van der Waals surface area contributed by atoms with Gasteiger partial charge in [-0.3, -0.25) is 4.79 Å². The molecule has 4 heteroatoms. The van der Waals surface area contributed by atoms with Crippen molar-refractivity contribution in [3.8, 4) is 0 Å². The lowest BCUT2D eigenvalue weighted by atomic mass is 9.99. The van der Waals surface area contributed by atoms with Crippen LogP contribution in [0.2, 0.25) is 0 Å². The molecule has 0 saturated carbocycles. The first-order valence-corrected chi connectivity index (χ1v) is 5.63. The van der Waals surface area contributed by atoms with Crippen molar-refractivity contribution in [1.29, 1.82) is 0 Å². The number of likely N-dealkylation sites (tertiary alicyclic amines) is 1. The van der Waals surface area contributed by atoms with Gasteiger partial charge in [0, 0.05) is 20.1 Å². The van der Waals surface area contributed by atoms with Crippen molar-refractivity contribution < 1.29 is 9.53 Å². The van der Waals surface area contributed by atoms with Gasteiger partial charge < -0.3 is 14.5 Å². The van der Waals surface area contributed by atoms with E-state index in [-0.39, 0.29) is 17.9 Å². The molecule has 0 radical (unpaired) electrons. The van der Waals surface area contributed by atoms with Crippen LogP contribution in [0, 0.1) is 5.92 Å². The van der Waals surface area contributed by atoms with Crippen LogP contribution in [0.5, 0.6) is 0 Å². The predicted octanol–water partition coefficient (Wildman–Crippen LogP) is 0.779. The van der Waals surface area contributed by atoms with Gasteiger partial charge in [0.15, 0.2) is 0 Å². The fraction of sp³-hybridized carbons (Fsp3) is 0.909. The van der Waals surface area contributed by atoms with E-state index in [0.717, 1.165) is 19.6 Å². The summed E-state index contributed by atoms with van der Waals surface area (Å²) in [5.74, 6) is 0.395. The Morgan fingerprint density at radius 3 is 2.60 bits per heavy atom. The first-order valence-electron chi connectivity index (χ1n) is 5.63. The fourth-order valence-corrected chi connectivity index (χ4v) is 1.62. The minimum absolute atomic E-state index is 0.175. The molecule has 0 atom stereocenters. The van der Waals surface area contributed by atoms with Crippen molar-refractivity contribution in [2.75, 3.05) is 33.4 Å². The summed E-state index contributed by atoms with van der Waals surface area (Å²) in [5.41, 5.74) is 0. The van der Waals surface area contributed by atoms with Gasteiger partial charge in [-0.05, 0) is 20.4 Å². The molecule has 1 saturated heterocycles. The highest BCUT2D eigenvalue weighted by atomic mass is 16.5. The molecule has 1 aliphatic heterocycles. The van der Waals surface area contributed by atoms with Crippen LogP contribution in [0.4, 0.5) is 0 Å². The van der Waals surface area contributed by atoms with Crippen molar-refractivity contribution in [3.05, 3.63) is 0 Å². The second-order valence-electron chi connectivity index (χ2n) is 4.43. The number of hydrogen-bond acceptors (Lipinski definition) is 3. The van der Waals surface area contributed by atoms with E-state index < -0.39 is 0 Å². The second-order valence-corrected chi connectivity index (χ2v) is 4.43. The molecule has 0 bridgehead atoms. The third-order valence-corrected chi connectivity index (χ3v) is 2.73. The highest BCUT2D eigenvalue weighted by molar-refractivity contribution is 5.79. The highest BCUT2D eigenvalue weighted by Crippen LogP contribution is 2.16. The molecule has 15 heavy (non-hydrogen) atoms. The third kappa shape index (κ3) is 3.47. The van der Waals surface area contributed by atoms with Gasteiger partial charge >= 0.3 is 0 Å². The Morgan fingerprint density at radius 2 is 2.13 bits per heavy atom. The number of hydrogen-bond donors (Lipinski definition) is 0. The van der Waals surface area contributed by atoms with Crippen molar-refractivity contribution in [2.24, 2.45) is 5.92 Å². The summed E-state index contributed by atoms with van der Waals surface area (Å²) in [5, 5.41) is 0. The molecule has 0 aliphatic carbocycles. The number of ether oxygens (including phenoxy) is 1. The van der Waals surface area contributed by atoms with Crippen LogP contribution in [-0.2, 0) is 9.53 Å². The molecular weight excluding hydrogens is 192 g/mol. The molecule has 4 nitrogen and oxygen atoms in total. The van der Waals surface area contributed by atoms with E-state index in [1.54, 1.807) is 11.9 Å². The lowest BCUT2D eigenvalue weighted by molar-refractivity contribution is -0.145. The molecule has 1 rings (SSSR count). The van der Waals surface area contributed by atoms with Crippen LogP contribution in [0.25, 0.3) is 0 Å². The largest absolute Gasteiger partial charge is 0.358 e. The maximum atomic E-state index is 11.8. The van der Waals surface area contributed by atoms with Gasteiger partial charge in [-0.1, -0.05) is 6.92 Å². The molecule has 1 fully saturated rings. The highest BCUT2D eigenvalue weighted by Gasteiger charge is 2.33. The van der Waals surface area contributed by atoms with Crippen LogP contribution in [0.15, 0.2) is 0 Å². The molecule has 1 aliphatic rings. The third-order valence-electron chi connectivity index (χ3n) is 2.73. The lowest BCUT2D eigenvalue weighted by Crippen LogP contribution is -2.53. The van der Waals surface area contributed by atoms with Crippen molar-refractivity contribution in [2.45, 2.75) is 26.9 Å². The van der Waals surface area contributed by atoms with Gasteiger partial charge in [0.1, 0.15) is 6.73 Å². The van der Waals surface area contributed by atoms with Crippen molar-refractivity contribution in [3.63, 3.8) is 0 Å². The SMILES string of the molecule is CCN1CC(C(=O)N(C)COC(C)C)C1. The lowest BCUT2D eigenvalue weighted by Gasteiger charge is -2.39. The fourth-order valence-electron chi connectivity index (χ4n) is 1.62. The summed E-state index contributed by atoms with van der Waals surface area (Å²) < 4.78 is 5.39. The molecular formula is C11H22N2O2. The predicted molar refractivity (Wildman–Crippen MR) is 59.5 cm³/mol. The van der Waals surface area contributed by atoms with E-state index in [9.17, 15) is 4.79 Å². The zero-order valence-electron chi connectivity index (χ0n) is 10.2. The second kappa shape index (κ2) is 5.47. The van der Waals surface area contributed by atoms with Crippen LogP contribution >= 0.6 is 0 Å². The normalized spacial score (nSPS) is 17.9. The van der Waals surface area contributed by atoms with Gasteiger partial charge in [-0.15, -0.1) is 0 Å². The average Bonchev–Trinajstić information content (AvgIpc) is 2.12. The summed E-state index contributed by atoms with van der Waals surface area (Å²) in [4.78, 5) is 15.8. The van der Waals surface area contributed by atoms with Crippen molar-refractivity contribution in [1.82, 2.24) is 9.80 Å². The molecule has 0 unspecified atom stereocenters. The van der Waals surface area contributed by atoms with Gasteiger partial charge in [0.25, 0.3) is 0 Å². The van der Waals surface area contributed by atoms with Gasteiger partial charge in [-0.2, -0.15) is 0 Å². The van der Waals surface area contributed by atoms with Crippen molar-refractivity contribution >= 4 is 5.91 Å². The molecule has 1 amide bonds. The smallest absolute Gasteiger partial charge is 0.229 e. The van der Waals surface area contributed by atoms with E-state index in [0.29, 0.717) is 6.73 Å². The quantitative estimate of drug-likeness (QED) is 0.634. The summed E-state index contributed by atoms with van der Waals surface area (Å²) in [6.07, 6.45) is 0.175.